The van der Waals surface area contributed by atoms with Crippen LogP contribution in [0, 0.1) is 5.92 Å². The van der Waals surface area contributed by atoms with Crippen molar-refractivity contribution in [2.75, 3.05) is 25.4 Å². The van der Waals surface area contributed by atoms with Gasteiger partial charge in [0, 0.05) is 24.8 Å². The lowest BCUT2D eigenvalue weighted by molar-refractivity contribution is -0.188. The maximum atomic E-state index is 12.7. The number of nitrogens with two attached hydrogens (primary N) is 1. The van der Waals surface area contributed by atoms with Gasteiger partial charge in [0.1, 0.15) is 5.75 Å². The van der Waals surface area contributed by atoms with Crippen molar-refractivity contribution in [3.63, 3.8) is 0 Å². The number of carbonyl (C=O) groups is 1. The number of piperidine rings is 1. The molecular formula is C14H17F3N2O2. The summed E-state index contributed by atoms with van der Waals surface area (Å²) in [5.74, 6) is -1.46. The van der Waals surface area contributed by atoms with Crippen LogP contribution < -0.4 is 10.5 Å². The minimum absolute atomic E-state index is 0.0728. The van der Waals surface area contributed by atoms with Gasteiger partial charge in [-0.05, 0) is 25.0 Å². The number of alkyl halides is 3. The zero-order valence-corrected chi connectivity index (χ0v) is 11.4. The highest BCUT2D eigenvalue weighted by Gasteiger charge is 2.42. The Hall–Kier alpha value is -1.92. The molecule has 0 aromatic heterocycles. The first kappa shape index (κ1) is 15.5. The van der Waals surface area contributed by atoms with E-state index in [1.807, 2.05) is 0 Å². The van der Waals surface area contributed by atoms with E-state index in [1.165, 1.54) is 4.90 Å². The number of ether oxygens (including phenoxy) is 1. The largest absolute Gasteiger partial charge is 0.484 e. The van der Waals surface area contributed by atoms with Crippen LogP contribution in [0.5, 0.6) is 5.75 Å². The van der Waals surface area contributed by atoms with Crippen LogP contribution in [0.4, 0.5) is 18.9 Å². The molecular weight excluding hydrogens is 285 g/mol. The molecule has 21 heavy (non-hydrogen) atoms. The van der Waals surface area contributed by atoms with Crippen LogP contribution in [0.2, 0.25) is 0 Å². The fourth-order valence-electron chi connectivity index (χ4n) is 2.31. The zero-order chi connectivity index (χ0) is 15.5. The van der Waals surface area contributed by atoms with Crippen molar-refractivity contribution in [3.8, 4) is 5.75 Å². The SMILES string of the molecule is Nc1cccc(OCC(=O)N2CCCC(C(F)(F)F)C2)c1. The molecule has 4 nitrogen and oxygen atoms in total. The smallest absolute Gasteiger partial charge is 0.393 e. The summed E-state index contributed by atoms with van der Waals surface area (Å²) in [6.45, 7) is -0.234. The van der Waals surface area contributed by atoms with Crippen molar-refractivity contribution < 1.29 is 22.7 Å². The van der Waals surface area contributed by atoms with Crippen LogP contribution in [0.3, 0.4) is 0 Å². The third kappa shape index (κ3) is 4.27. The minimum Gasteiger partial charge on any atom is -0.484 e. The molecule has 0 radical (unpaired) electrons. The summed E-state index contributed by atoms with van der Waals surface area (Å²) < 4.78 is 43.3. The Balaban J connectivity index is 1.88. The molecule has 1 aliphatic rings. The number of benzene rings is 1. The Labute approximate surface area is 120 Å². The Morgan fingerprint density at radius 1 is 1.43 bits per heavy atom. The van der Waals surface area contributed by atoms with E-state index in [0.717, 1.165) is 0 Å². The first-order chi connectivity index (χ1) is 9.86. The van der Waals surface area contributed by atoms with Gasteiger partial charge in [-0.2, -0.15) is 13.2 Å². The van der Waals surface area contributed by atoms with Crippen molar-refractivity contribution in [3.05, 3.63) is 24.3 Å². The van der Waals surface area contributed by atoms with Gasteiger partial charge in [-0.15, -0.1) is 0 Å². The fourth-order valence-corrected chi connectivity index (χ4v) is 2.31. The predicted octanol–water partition coefficient (Wildman–Crippen LogP) is 2.45. The lowest BCUT2D eigenvalue weighted by Gasteiger charge is -2.33. The predicted molar refractivity (Wildman–Crippen MR) is 71.7 cm³/mol. The second-order valence-corrected chi connectivity index (χ2v) is 5.08. The summed E-state index contributed by atoms with van der Waals surface area (Å²) in [5, 5.41) is 0. The highest BCUT2D eigenvalue weighted by atomic mass is 19.4. The summed E-state index contributed by atoms with van der Waals surface area (Å²) >= 11 is 0. The van der Waals surface area contributed by atoms with Crippen LogP contribution in [0.25, 0.3) is 0 Å². The van der Waals surface area contributed by atoms with E-state index < -0.39 is 18.0 Å². The number of carbonyl (C=O) groups excluding carboxylic acids is 1. The van der Waals surface area contributed by atoms with E-state index in [4.69, 9.17) is 10.5 Å². The number of amides is 1. The minimum atomic E-state index is -4.26. The van der Waals surface area contributed by atoms with Crippen molar-refractivity contribution in [2.24, 2.45) is 5.92 Å². The molecule has 1 amide bonds. The van der Waals surface area contributed by atoms with Gasteiger partial charge in [0.25, 0.3) is 5.91 Å². The van der Waals surface area contributed by atoms with Gasteiger partial charge in [0.05, 0.1) is 5.92 Å². The maximum Gasteiger partial charge on any atom is 0.393 e. The average molecular weight is 302 g/mol. The molecule has 2 N–H and O–H groups in total. The number of nitrogens with zero attached hydrogens (tertiary/aromatic N) is 1. The molecule has 0 bridgehead atoms. The Bertz CT molecular complexity index is 505. The molecule has 1 heterocycles. The lowest BCUT2D eigenvalue weighted by Crippen LogP contribution is -2.46. The van der Waals surface area contributed by atoms with Gasteiger partial charge in [0.2, 0.25) is 0 Å². The molecule has 1 unspecified atom stereocenters. The molecule has 1 atom stereocenters. The van der Waals surface area contributed by atoms with E-state index in [1.54, 1.807) is 24.3 Å². The van der Waals surface area contributed by atoms with Crippen LogP contribution in [-0.2, 0) is 4.79 Å². The number of halogens is 3. The molecule has 0 saturated carbocycles. The van der Waals surface area contributed by atoms with Gasteiger partial charge in [-0.25, -0.2) is 0 Å². The number of nitrogen functional groups attached to an aromatic ring is 1. The summed E-state index contributed by atoms with van der Waals surface area (Å²) in [6.07, 6.45) is -3.83. The van der Waals surface area contributed by atoms with Gasteiger partial charge in [0.15, 0.2) is 6.61 Å². The van der Waals surface area contributed by atoms with E-state index in [-0.39, 0.29) is 19.6 Å². The van der Waals surface area contributed by atoms with E-state index in [9.17, 15) is 18.0 Å². The second kappa shape index (κ2) is 6.24. The third-order valence-electron chi connectivity index (χ3n) is 3.46. The normalized spacial score (nSPS) is 19.4. The molecule has 2 rings (SSSR count). The quantitative estimate of drug-likeness (QED) is 0.873. The van der Waals surface area contributed by atoms with E-state index >= 15 is 0 Å². The average Bonchev–Trinajstić information content (AvgIpc) is 2.44. The molecule has 1 aromatic rings. The van der Waals surface area contributed by atoms with Crippen LogP contribution in [-0.4, -0.2) is 36.7 Å². The van der Waals surface area contributed by atoms with Crippen LogP contribution >= 0.6 is 0 Å². The molecule has 0 spiro atoms. The number of hydrogen-bond acceptors (Lipinski definition) is 3. The van der Waals surface area contributed by atoms with Crippen molar-refractivity contribution >= 4 is 11.6 Å². The Kier molecular flexibility index (Phi) is 4.59. The van der Waals surface area contributed by atoms with Crippen molar-refractivity contribution in [1.82, 2.24) is 4.90 Å². The van der Waals surface area contributed by atoms with Gasteiger partial charge in [-0.3, -0.25) is 4.79 Å². The number of anilines is 1. The van der Waals surface area contributed by atoms with Crippen LogP contribution in [0.15, 0.2) is 24.3 Å². The molecule has 1 aromatic carbocycles. The highest BCUT2D eigenvalue weighted by molar-refractivity contribution is 5.77. The number of hydrogen-bond donors (Lipinski definition) is 1. The molecule has 116 valence electrons. The second-order valence-electron chi connectivity index (χ2n) is 5.08. The molecule has 0 aliphatic carbocycles. The van der Waals surface area contributed by atoms with Gasteiger partial charge < -0.3 is 15.4 Å². The maximum absolute atomic E-state index is 12.7. The molecule has 7 heteroatoms. The number of rotatable bonds is 3. The van der Waals surface area contributed by atoms with Gasteiger partial charge in [-0.1, -0.05) is 6.07 Å². The van der Waals surface area contributed by atoms with Crippen LogP contribution in [0.1, 0.15) is 12.8 Å². The third-order valence-corrected chi connectivity index (χ3v) is 3.46. The molecule has 1 aliphatic heterocycles. The standard InChI is InChI=1S/C14H17F3N2O2/c15-14(16,17)10-3-2-6-19(8-10)13(20)9-21-12-5-1-4-11(18)7-12/h1,4-5,7,10H,2-3,6,8-9,18H2. The summed E-state index contributed by atoms with van der Waals surface area (Å²) in [4.78, 5) is 13.1. The zero-order valence-electron chi connectivity index (χ0n) is 11.4. The van der Waals surface area contributed by atoms with Crippen molar-refractivity contribution in [2.45, 2.75) is 19.0 Å². The first-order valence-corrected chi connectivity index (χ1v) is 6.69. The lowest BCUT2D eigenvalue weighted by atomic mass is 9.97. The van der Waals surface area contributed by atoms with Gasteiger partial charge >= 0.3 is 6.18 Å². The first-order valence-electron chi connectivity index (χ1n) is 6.69. The Morgan fingerprint density at radius 3 is 2.86 bits per heavy atom. The monoisotopic (exact) mass is 302 g/mol. The Morgan fingerprint density at radius 2 is 2.19 bits per heavy atom. The fraction of sp³-hybridized carbons (Fsp3) is 0.500. The van der Waals surface area contributed by atoms with E-state index in [0.29, 0.717) is 24.4 Å². The number of likely N-dealkylation sites (tertiary alicyclic amines) is 1. The van der Waals surface area contributed by atoms with E-state index in [2.05, 4.69) is 0 Å². The summed E-state index contributed by atoms with van der Waals surface area (Å²) in [5.41, 5.74) is 6.07. The highest BCUT2D eigenvalue weighted by Crippen LogP contribution is 2.33. The summed E-state index contributed by atoms with van der Waals surface area (Å²) in [6, 6.07) is 6.54. The molecule has 1 saturated heterocycles. The molecule has 1 fully saturated rings. The topological polar surface area (TPSA) is 55.6 Å². The van der Waals surface area contributed by atoms with Crippen molar-refractivity contribution in [1.29, 1.82) is 0 Å². The summed E-state index contributed by atoms with van der Waals surface area (Å²) in [7, 11) is 0.